The van der Waals surface area contributed by atoms with Gasteiger partial charge < -0.3 is 4.74 Å². The monoisotopic (exact) mass is 245 g/mol. The van der Waals surface area contributed by atoms with Crippen LogP contribution in [0.3, 0.4) is 0 Å². The van der Waals surface area contributed by atoms with E-state index in [-0.39, 0.29) is 0 Å². The Morgan fingerprint density at radius 3 is 2.50 bits per heavy atom. The van der Waals surface area contributed by atoms with Crippen molar-refractivity contribution in [2.75, 3.05) is 13.1 Å². The van der Waals surface area contributed by atoms with E-state index in [1.807, 2.05) is 0 Å². The Hall–Kier alpha value is -1.02. The van der Waals surface area contributed by atoms with E-state index in [0.717, 1.165) is 18.2 Å². The topological polar surface area (TPSA) is 12.5 Å². The molecule has 2 nitrogen and oxygen atoms in total. The Bertz CT molecular complexity index is 383. The molecule has 1 aromatic carbocycles. The second-order valence-corrected chi connectivity index (χ2v) is 5.94. The van der Waals surface area contributed by atoms with E-state index >= 15 is 0 Å². The highest BCUT2D eigenvalue weighted by Crippen LogP contribution is 2.25. The first-order valence-corrected chi connectivity index (χ1v) is 7.27. The van der Waals surface area contributed by atoms with Gasteiger partial charge in [-0.2, -0.15) is 0 Å². The van der Waals surface area contributed by atoms with Crippen molar-refractivity contribution in [1.29, 1.82) is 0 Å². The molecule has 1 saturated heterocycles. The third-order valence-corrected chi connectivity index (χ3v) is 4.19. The van der Waals surface area contributed by atoms with E-state index in [0.29, 0.717) is 6.10 Å². The molecule has 3 rings (SSSR count). The molecule has 1 saturated carbocycles. The molecular weight excluding hydrogens is 222 g/mol. The van der Waals surface area contributed by atoms with Gasteiger partial charge in [0.1, 0.15) is 5.75 Å². The van der Waals surface area contributed by atoms with Gasteiger partial charge in [0, 0.05) is 13.1 Å². The van der Waals surface area contributed by atoms with Crippen LogP contribution >= 0.6 is 0 Å². The minimum atomic E-state index is 0.482. The van der Waals surface area contributed by atoms with Crippen LogP contribution in [0.4, 0.5) is 0 Å². The Labute approximate surface area is 110 Å². The average molecular weight is 245 g/mol. The second kappa shape index (κ2) is 5.31. The van der Waals surface area contributed by atoms with Gasteiger partial charge >= 0.3 is 0 Å². The fourth-order valence-corrected chi connectivity index (χ4v) is 2.78. The van der Waals surface area contributed by atoms with Gasteiger partial charge in [-0.05, 0) is 55.8 Å². The molecule has 0 unspecified atom stereocenters. The lowest BCUT2D eigenvalue weighted by Crippen LogP contribution is -2.24. The summed E-state index contributed by atoms with van der Waals surface area (Å²) in [5.74, 6) is 1.91. The highest BCUT2D eigenvalue weighted by atomic mass is 16.5. The van der Waals surface area contributed by atoms with E-state index in [1.54, 1.807) is 0 Å². The third-order valence-electron chi connectivity index (χ3n) is 4.19. The highest BCUT2D eigenvalue weighted by Gasteiger charge is 2.20. The Morgan fingerprint density at radius 2 is 1.94 bits per heavy atom. The predicted molar refractivity (Wildman–Crippen MR) is 73.8 cm³/mol. The number of hydrogen-bond acceptors (Lipinski definition) is 2. The molecular formula is C16H23NO. The standard InChI is InChI=1S/C16H23NO/c1-13-9-10-17(11-13)12-14-5-7-16(8-6-14)18-15-3-2-4-15/h5-8,13,15H,2-4,9-12H2,1H3/t13-/m1/s1. The van der Waals surface area contributed by atoms with Gasteiger partial charge in [-0.25, -0.2) is 0 Å². The van der Waals surface area contributed by atoms with Crippen LogP contribution in [-0.2, 0) is 6.54 Å². The maximum atomic E-state index is 5.88. The first-order valence-electron chi connectivity index (χ1n) is 7.27. The summed E-state index contributed by atoms with van der Waals surface area (Å²) >= 11 is 0. The van der Waals surface area contributed by atoms with Crippen molar-refractivity contribution >= 4 is 0 Å². The molecule has 1 atom stereocenters. The Balaban J connectivity index is 1.53. The van der Waals surface area contributed by atoms with Gasteiger partial charge in [-0.1, -0.05) is 19.1 Å². The molecule has 1 aliphatic heterocycles. The predicted octanol–water partition coefficient (Wildman–Crippen LogP) is 3.46. The van der Waals surface area contributed by atoms with Gasteiger partial charge in [0.2, 0.25) is 0 Å². The summed E-state index contributed by atoms with van der Waals surface area (Å²) in [5, 5.41) is 0. The van der Waals surface area contributed by atoms with Crippen molar-refractivity contribution in [3.8, 4) is 5.75 Å². The van der Waals surface area contributed by atoms with E-state index in [4.69, 9.17) is 4.74 Å². The first-order chi connectivity index (χ1) is 8.79. The number of rotatable bonds is 4. The SMILES string of the molecule is C[C@@H]1CCN(Cc2ccc(OC3CCC3)cc2)C1. The minimum absolute atomic E-state index is 0.482. The molecule has 0 spiro atoms. The summed E-state index contributed by atoms with van der Waals surface area (Å²) in [7, 11) is 0. The van der Waals surface area contributed by atoms with Crippen molar-refractivity contribution in [3.63, 3.8) is 0 Å². The van der Waals surface area contributed by atoms with Gasteiger partial charge in [0.05, 0.1) is 6.10 Å². The van der Waals surface area contributed by atoms with Gasteiger partial charge in [-0.3, -0.25) is 4.90 Å². The van der Waals surface area contributed by atoms with Crippen LogP contribution in [-0.4, -0.2) is 24.1 Å². The summed E-state index contributed by atoms with van der Waals surface area (Å²) in [6.07, 6.45) is 5.62. The molecule has 18 heavy (non-hydrogen) atoms. The molecule has 2 fully saturated rings. The summed E-state index contributed by atoms with van der Waals surface area (Å²) in [6, 6.07) is 8.70. The molecule has 1 aliphatic carbocycles. The quantitative estimate of drug-likeness (QED) is 0.805. The van der Waals surface area contributed by atoms with E-state index < -0.39 is 0 Å². The zero-order valence-corrected chi connectivity index (χ0v) is 11.3. The fourth-order valence-electron chi connectivity index (χ4n) is 2.78. The molecule has 2 aliphatic rings. The molecule has 98 valence electrons. The van der Waals surface area contributed by atoms with Crippen LogP contribution in [0.5, 0.6) is 5.75 Å². The molecule has 0 bridgehead atoms. The zero-order chi connectivity index (χ0) is 12.4. The molecule has 1 heterocycles. The lowest BCUT2D eigenvalue weighted by atomic mass is 9.96. The maximum Gasteiger partial charge on any atom is 0.119 e. The largest absolute Gasteiger partial charge is 0.490 e. The number of benzene rings is 1. The minimum Gasteiger partial charge on any atom is -0.490 e. The average Bonchev–Trinajstić information content (AvgIpc) is 2.72. The fraction of sp³-hybridized carbons (Fsp3) is 0.625. The van der Waals surface area contributed by atoms with Crippen molar-refractivity contribution in [2.24, 2.45) is 5.92 Å². The summed E-state index contributed by atoms with van der Waals surface area (Å²) in [6.45, 7) is 5.94. The molecule has 0 amide bonds. The molecule has 2 heteroatoms. The zero-order valence-electron chi connectivity index (χ0n) is 11.3. The number of likely N-dealkylation sites (tertiary alicyclic amines) is 1. The van der Waals surface area contributed by atoms with E-state index in [2.05, 4.69) is 36.1 Å². The van der Waals surface area contributed by atoms with Crippen molar-refractivity contribution in [2.45, 2.75) is 45.3 Å². The van der Waals surface area contributed by atoms with Crippen LogP contribution in [0.2, 0.25) is 0 Å². The molecule has 0 aromatic heterocycles. The maximum absolute atomic E-state index is 5.88. The van der Waals surface area contributed by atoms with Crippen LogP contribution in [0.15, 0.2) is 24.3 Å². The summed E-state index contributed by atoms with van der Waals surface area (Å²) in [5.41, 5.74) is 1.41. The molecule has 0 radical (unpaired) electrons. The Morgan fingerprint density at radius 1 is 1.17 bits per heavy atom. The first kappa shape index (κ1) is 12.0. The second-order valence-electron chi connectivity index (χ2n) is 5.94. The van der Waals surface area contributed by atoms with Crippen LogP contribution in [0.25, 0.3) is 0 Å². The van der Waals surface area contributed by atoms with Crippen molar-refractivity contribution < 1.29 is 4.74 Å². The van der Waals surface area contributed by atoms with E-state index in [1.165, 1.54) is 44.3 Å². The van der Waals surface area contributed by atoms with Gasteiger partial charge in [0.15, 0.2) is 0 Å². The number of hydrogen-bond donors (Lipinski definition) is 0. The third kappa shape index (κ3) is 2.86. The number of nitrogens with zero attached hydrogens (tertiary/aromatic N) is 1. The Kier molecular flexibility index (Phi) is 3.55. The van der Waals surface area contributed by atoms with E-state index in [9.17, 15) is 0 Å². The normalized spacial score (nSPS) is 25.1. The molecule has 1 aromatic rings. The lowest BCUT2D eigenvalue weighted by molar-refractivity contribution is 0.120. The highest BCUT2D eigenvalue weighted by molar-refractivity contribution is 5.27. The van der Waals surface area contributed by atoms with Crippen molar-refractivity contribution in [3.05, 3.63) is 29.8 Å². The van der Waals surface area contributed by atoms with Crippen molar-refractivity contribution in [1.82, 2.24) is 4.90 Å². The summed E-state index contributed by atoms with van der Waals surface area (Å²) in [4.78, 5) is 2.55. The smallest absolute Gasteiger partial charge is 0.119 e. The van der Waals surface area contributed by atoms with Gasteiger partial charge in [0.25, 0.3) is 0 Å². The van der Waals surface area contributed by atoms with Crippen LogP contribution < -0.4 is 4.74 Å². The number of ether oxygens (including phenoxy) is 1. The van der Waals surface area contributed by atoms with Gasteiger partial charge in [-0.15, -0.1) is 0 Å². The lowest BCUT2D eigenvalue weighted by Gasteiger charge is -2.26. The summed E-state index contributed by atoms with van der Waals surface area (Å²) < 4.78 is 5.88. The van der Waals surface area contributed by atoms with Crippen LogP contribution in [0, 0.1) is 5.92 Å². The molecule has 0 N–H and O–H groups in total. The van der Waals surface area contributed by atoms with Crippen LogP contribution in [0.1, 0.15) is 38.2 Å².